The van der Waals surface area contributed by atoms with E-state index in [0.717, 1.165) is 18.0 Å². The first-order valence-electron chi connectivity index (χ1n) is 9.03. The Morgan fingerprint density at radius 2 is 1.84 bits per heavy atom. The van der Waals surface area contributed by atoms with Crippen LogP contribution in [0.2, 0.25) is 0 Å². The molecule has 4 heteroatoms. The van der Waals surface area contributed by atoms with Crippen LogP contribution in [0.4, 0.5) is 11.4 Å². The zero-order chi connectivity index (χ0) is 17.6. The van der Waals surface area contributed by atoms with E-state index in [9.17, 15) is 4.79 Å². The summed E-state index contributed by atoms with van der Waals surface area (Å²) in [5, 5.41) is 2.95. The molecule has 0 aliphatic carbocycles. The minimum atomic E-state index is -0.111. The van der Waals surface area contributed by atoms with Crippen LogP contribution < -0.4 is 15.0 Å². The molecular formula is C21H26N2O2. The maximum absolute atomic E-state index is 12.3. The molecule has 1 heterocycles. The van der Waals surface area contributed by atoms with E-state index in [1.165, 1.54) is 31.4 Å². The van der Waals surface area contributed by atoms with Crippen LogP contribution in [0.5, 0.6) is 5.75 Å². The Morgan fingerprint density at radius 1 is 1.12 bits per heavy atom. The maximum Gasteiger partial charge on any atom is 0.255 e. The van der Waals surface area contributed by atoms with E-state index in [1.54, 1.807) is 31.4 Å². The van der Waals surface area contributed by atoms with Crippen LogP contribution in [0, 0.1) is 0 Å². The van der Waals surface area contributed by atoms with Gasteiger partial charge in [-0.3, -0.25) is 4.79 Å². The van der Waals surface area contributed by atoms with E-state index in [1.807, 2.05) is 12.1 Å². The Morgan fingerprint density at radius 3 is 2.48 bits per heavy atom. The summed E-state index contributed by atoms with van der Waals surface area (Å²) in [6.45, 7) is 3.38. The second kappa shape index (κ2) is 8.06. The fraction of sp³-hybridized carbons (Fsp3) is 0.381. The molecule has 132 valence electrons. The monoisotopic (exact) mass is 338 g/mol. The zero-order valence-corrected chi connectivity index (χ0v) is 15.0. The van der Waals surface area contributed by atoms with Gasteiger partial charge in [-0.05, 0) is 74.2 Å². The van der Waals surface area contributed by atoms with Crippen LogP contribution in [0.1, 0.15) is 43.0 Å². The van der Waals surface area contributed by atoms with E-state index in [2.05, 4.69) is 29.3 Å². The Kier molecular flexibility index (Phi) is 5.59. The molecule has 1 aliphatic heterocycles. The Labute approximate surface area is 149 Å². The van der Waals surface area contributed by atoms with E-state index < -0.39 is 0 Å². The number of rotatable bonds is 5. The van der Waals surface area contributed by atoms with Gasteiger partial charge in [0.2, 0.25) is 0 Å². The third kappa shape index (κ3) is 4.13. The number of benzene rings is 2. The van der Waals surface area contributed by atoms with Gasteiger partial charge in [0.25, 0.3) is 5.91 Å². The highest BCUT2D eigenvalue weighted by atomic mass is 16.5. The largest absolute Gasteiger partial charge is 0.497 e. The summed E-state index contributed by atoms with van der Waals surface area (Å²) in [6.07, 6.45) is 5.03. The van der Waals surface area contributed by atoms with Crippen LogP contribution in [0.3, 0.4) is 0 Å². The number of methoxy groups -OCH3 is 1. The SMILES string of the molecule is CCC1CCCCN1c1ccc(NC(=O)c2ccc(OC)cc2)cc1. The van der Waals surface area contributed by atoms with Crippen LogP contribution >= 0.6 is 0 Å². The number of nitrogens with one attached hydrogen (secondary N) is 1. The van der Waals surface area contributed by atoms with Crippen molar-refractivity contribution in [3.63, 3.8) is 0 Å². The van der Waals surface area contributed by atoms with Gasteiger partial charge in [0.15, 0.2) is 0 Å². The van der Waals surface area contributed by atoms with Crippen molar-refractivity contribution >= 4 is 17.3 Å². The molecule has 0 aromatic heterocycles. The molecule has 2 aromatic carbocycles. The molecule has 1 aliphatic rings. The summed E-state index contributed by atoms with van der Waals surface area (Å²) >= 11 is 0. The molecule has 1 N–H and O–H groups in total. The molecular weight excluding hydrogens is 312 g/mol. The minimum Gasteiger partial charge on any atom is -0.497 e. The van der Waals surface area contributed by atoms with Crippen molar-refractivity contribution in [2.24, 2.45) is 0 Å². The summed E-state index contributed by atoms with van der Waals surface area (Å²) in [5.74, 6) is 0.632. The van der Waals surface area contributed by atoms with Crippen LogP contribution in [-0.2, 0) is 0 Å². The summed E-state index contributed by atoms with van der Waals surface area (Å²) in [7, 11) is 1.61. The first-order valence-corrected chi connectivity index (χ1v) is 9.03. The average Bonchev–Trinajstić information content (AvgIpc) is 2.68. The van der Waals surface area contributed by atoms with Gasteiger partial charge < -0.3 is 15.0 Å². The van der Waals surface area contributed by atoms with Gasteiger partial charge in [-0.15, -0.1) is 0 Å². The van der Waals surface area contributed by atoms with Gasteiger partial charge in [0.1, 0.15) is 5.75 Å². The number of nitrogens with zero attached hydrogens (tertiary/aromatic N) is 1. The molecule has 0 bridgehead atoms. The Balaban J connectivity index is 1.66. The molecule has 1 atom stereocenters. The highest BCUT2D eigenvalue weighted by molar-refractivity contribution is 6.04. The fourth-order valence-corrected chi connectivity index (χ4v) is 3.45. The first kappa shape index (κ1) is 17.3. The number of amides is 1. The Hall–Kier alpha value is -2.49. The summed E-state index contributed by atoms with van der Waals surface area (Å²) in [5.41, 5.74) is 2.68. The standard InChI is InChI=1S/C21H26N2O2/c1-3-18-6-4-5-15-23(18)19-11-9-17(10-12-19)22-21(24)16-7-13-20(25-2)14-8-16/h7-14,18H,3-6,15H2,1-2H3,(H,22,24). The van der Waals surface area contributed by atoms with E-state index in [-0.39, 0.29) is 5.91 Å². The molecule has 3 rings (SSSR count). The predicted octanol–water partition coefficient (Wildman–Crippen LogP) is 4.72. The lowest BCUT2D eigenvalue weighted by atomic mass is 9.99. The second-order valence-electron chi connectivity index (χ2n) is 6.48. The number of ether oxygens (including phenoxy) is 1. The van der Waals surface area contributed by atoms with Gasteiger partial charge in [0.05, 0.1) is 7.11 Å². The topological polar surface area (TPSA) is 41.6 Å². The van der Waals surface area contributed by atoms with Gasteiger partial charge >= 0.3 is 0 Å². The van der Waals surface area contributed by atoms with Crippen molar-refractivity contribution in [1.82, 2.24) is 0 Å². The first-order chi connectivity index (χ1) is 12.2. The molecule has 2 aromatic rings. The summed E-state index contributed by atoms with van der Waals surface area (Å²) in [4.78, 5) is 14.8. The predicted molar refractivity (Wildman–Crippen MR) is 103 cm³/mol. The summed E-state index contributed by atoms with van der Waals surface area (Å²) < 4.78 is 5.12. The van der Waals surface area contributed by atoms with Crippen molar-refractivity contribution in [3.8, 4) is 5.75 Å². The molecule has 25 heavy (non-hydrogen) atoms. The summed E-state index contributed by atoms with van der Waals surface area (Å²) in [6, 6.07) is 15.9. The van der Waals surface area contributed by atoms with Gasteiger partial charge in [-0.2, -0.15) is 0 Å². The highest BCUT2D eigenvalue weighted by Crippen LogP contribution is 2.27. The number of hydrogen-bond donors (Lipinski definition) is 1. The third-order valence-electron chi connectivity index (χ3n) is 4.91. The lowest BCUT2D eigenvalue weighted by Gasteiger charge is -2.37. The van der Waals surface area contributed by atoms with Gasteiger partial charge in [0, 0.05) is 29.5 Å². The molecule has 0 spiro atoms. The highest BCUT2D eigenvalue weighted by Gasteiger charge is 2.20. The molecule has 1 unspecified atom stereocenters. The molecule has 1 fully saturated rings. The van der Waals surface area contributed by atoms with Gasteiger partial charge in [-0.25, -0.2) is 0 Å². The fourth-order valence-electron chi connectivity index (χ4n) is 3.45. The lowest BCUT2D eigenvalue weighted by molar-refractivity contribution is 0.102. The molecule has 4 nitrogen and oxygen atoms in total. The van der Waals surface area contributed by atoms with Crippen LogP contribution in [0.25, 0.3) is 0 Å². The second-order valence-corrected chi connectivity index (χ2v) is 6.48. The molecule has 0 saturated carbocycles. The quantitative estimate of drug-likeness (QED) is 0.858. The smallest absolute Gasteiger partial charge is 0.255 e. The molecule has 1 saturated heterocycles. The molecule has 0 radical (unpaired) electrons. The average molecular weight is 338 g/mol. The van der Waals surface area contributed by atoms with Crippen molar-refractivity contribution < 1.29 is 9.53 Å². The van der Waals surface area contributed by atoms with Crippen molar-refractivity contribution in [1.29, 1.82) is 0 Å². The normalized spacial score (nSPS) is 17.2. The van der Waals surface area contributed by atoms with E-state index >= 15 is 0 Å². The van der Waals surface area contributed by atoms with E-state index in [0.29, 0.717) is 11.6 Å². The number of piperidine rings is 1. The number of anilines is 2. The van der Waals surface area contributed by atoms with Crippen molar-refractivity contribution in [2.75, 3.05) is 23.9 Å². The number of hydrogen-bond acceptors (Lipinski definition) is 3. The minimum absolute atomic E-state index is 0.111. The van der Waals surface area contributed by atoms with E-state index in [4.69, 9.17) is 4.74 Å². The van der Waals surface area contributed by atoms with Crippen LogP contribution in [-0.4, -0.2) is 25.6 Å². The Bertz CT molecular complexity index is 695. The number of carbonyl (C=O) groups excluding carboxylic acids is 1. The number of carbonyl (C=O) groups is 1. The maximum atomic E-state index is 12.3. The van der Waals surface area contributed by atoms with Crippen molar-refractivity contribution in [2.45, 2.75) is 38.6 Å². The molecule has 1 amide bonds. The zero-order valence-electron chi connectivity index (χ0n) is 15.0. The van der Waals surface area contributed by atoms with Crippen LogP contribution in [0.15, 0.2) is 48.5 Å². The lowest BCUT2D eigenvalue weighted by Crippen LogP contribution is -2.39. The third-order valence-corrected chi connectivity index (χ3v) is 4.91. The van der Waals surface area contributed by atoms with Crippen molar-refractivity contribution in [3.05, 3.63) is 54.1 Å². The van der Waals surface area contributed by atoms with Gasteiger partial charge in [-0.1, -0.05) is 6.92 Å².